The quantitative estimate of drug-likeness (QED) is 0.488. The molecule has 0 amide bonds. The van der Waals surface area contributed by atoms with Crippen LogP contribution >= 0.6 is 0 Å². The Kier molecular flexibility index (Phi) is 8.67. The van der Waals surface area contributed by atoms with Crippen LogP contribution < -0.4 is 0 Å². The first-order chi connectivity index (χ1) is 9.77. The summed E-state index contributed by atoms with van der Waals surface area (Å²) >= 11 is 0. The summed E-state index contributed by atoms with van der Waals surface area (Å²) in [5.41, 5.74) is 1.68. The first-order valence-electron chi connectivity index (χ1n) is 7.10. The van der Waals surface area contributed by atoms with E-state index in [1.165, 1.54) is 0 Å². The Labute approximate surface area is 121 Å². The molecule has 1 aromatic rings. The summed E-state index contributed by atoms with van der Waals surface area (Å²) in [7, 11) is 1.65. The molecule has 0 unspecified atom stereocenters. The van der Waals surface area contributed by atoms with Gasteiger partial charge in [0, 0.05) is 7.11 Å². The Morgan fingerprint density at radius 3 is 2.75 bits per heavy atom. The smallest absolute Gasteiger partial charge is 0.338 e. The highest BCUT2D eigenvalue weighted by Crippen LogP contribution is 2.08. The van der Waals surface area contributed by atoms with Crippen molar-refractivity contribution >= 4 is 5.97 Å². The molecule has 0 radical (unpaired) electrons. The van der Waals surface area contributed by atoms with Gasteiger partial charge in [0.15, 0.2) is 0 Å². The van der Waals surface area contributed by atoms with Crippen LogP contribution in [-0.4, -0.2) is 39.5 Å². The fourth-order valence-corrected chi connectivity index (χ4v) is 1.68. The average Bonchev–Trinajstić information content (AvgIpc) is 2.47. The van der Waals surface area contributed by atoms with E-state index in [0.29, 0.717) is 32.0 Å². The maximum Gasteiger partial charge on any atom is 0.338 e. The van der Waals surface area contributed by atoms with Gasteiger partial charge in [-0.1, -0.05) is 25.5 Å². The second-order valence-corrected chi connectivity index (χ2v) is 4.55. The molecule has 20 heavy (non-hydrogen) atoms. The molecule has 0 fully saturated rings. The van der Waals surface area contributed by atoms with Crippen LogP contribution in [-0.2, 0) is 20.6 Å². The molecule has 4 nitrogen and oxygen atoms in total. The molecule has 0 N–H and O–H groups in total. The molecule has 1 rings (SSSR count). The van der Waals surface area contributed by atoms with Crippen LogP contribution in [0.5, 0.6) is 0 Å². The zero-order valence-electron chi connectivity index (χ0n) is 12.4. The highest BCUT2D eigenvalue weighted by atomic mass is 16.5. The first-order valence-corrected chi connectivity index (χ1v) is 7.10. The van der Waals surface area contributed by atoms with Crippen molar-refractivity contribution in [2.24, 2.45) is 0 Å². The lowest BCUT2D eigenvalue weighted by molar-refractivity contribution is 0.0499. The lowest BCUT2D eigenvalue weighted by Crippen LogP contribution is -2.08. The molecule has 0 heterocycles. The van der Waals surface area contributed by atoms with E-state index in [-0.39, 0.29) is 5.97 Å². The third-order valence-corrected chi connectivity index (χ3v) is 2.86. The molecular formula is C16H24O4. The van der Waals surface area contributed by atoms with Gasteiger partial charge in [-0.15, -0.1) is 0 Å². The lowest BCUT2D eigenvalue weighted by atomic mass is 10.1. The number of hydrogen-bond donors (Lipinski definition) is 0. The summed E-state index contributed by atoms with van der Waals surface area (Å²) < 4.78 is 15.5. The SMILES string of the molecule is CCCCOC(=O)c1cccc(CCOCCOC)c1. The lowest BCUT2D eigenvalue weighted by Gasteiger charge is -2.07. The predicted molar refractivity (Wildman–Crippen MR) is 78.0 cm³/mol. The van der Waals surface area contributed by atoms with Crippen LogP contribution in [0.2, 0.25) is 0 Å². The number of ether oxygens (including phenoxy) is 3. The molecule has 4 heteroatoms. The maximum absolute atomic E-state index is 11.8. The second-order valence-electron chi connectivity index (χ2n) is 4.55. The fourth-order valence-electron chi connectivity index (χ4n) is 1.68. The van der Waals surface area contributed by atoms with Gasteiger partial charge in [-0.25, -0.2) is 4.79 Å². The summed E-state index contributed by atoms with van der Waals surface area (Å²) in [5, 5.41) is 0. The van der Waals surface area contributed by atoms with Crippen molar-refractivity contribution in [3.05, 3.63) is 35.4 Å². The van der Waals surface area contributed by atoms with Gasteiger partial charge in [0.1, 0.15) is 0 Å². The number of methoxy groups -OCH3 is 1. The van der Waals surface area contributed by atoms with Gasteiger partial charge in [-0.3, -0.25) is 0 Å². The number of hydrogen-bond acceptors (Lipinski definition) is 4. The Balaban J connectivity index is 2.38. The van der Waals surface area contributed by atoms with E-state index in [0.717, 1.165) is 24.8 Å². The average molecular weight is 280 g/mol. The number of benzene rings is 1. The standard InChI is InChI=1S/C16H24O4/c1-3-4-9-20-16(17)15-7-5-6-14(13-15)8-10-19-12-11-18-2/h5-7,13H,3-4,8-12H2,1-2H3. The molecule has 0 saturated heterocycles. The van der Waals surface area contributed by atoms with E-state index in [4.69, 9.17) is 14.2 Å². The molecular weight excluding hydrogens is 256 g/mol. The van der Waals surface area contributed by atoms with Crippen molar-refractivity contribution in [2.75, 3.05) is 33.5 Å². The number of carbonyl (C=O) groups excluding carboxylic acids is 1. The Morgan fingerprint density at radius 1 is 1.15 bits per heavy atom. The molecule has 0 bridgehead atoms. The van der Waals surface area contributed by atoms with E-state index in [1.807, 2.05) is 18.2 Å². The molecule has 0 spiro atoms. The van der Waals surface area contributed by atoms with Gasteiger partial charge in [0.2, 0.25) is 0 Å². The molecule has 0 aliphatic heterocycles. The Bertz CT molecular complexity index is 390. The van der Waals surface area contributed by atoms with Crippen LogP contribution in [0.4, 0.5) is 0 Å². The maximum atomic E-state index is 11.8. The molecule has 0 aromatic heterocycles. The predicted octanol–water partition coefficient (Wildman–Crippen LogP) is 2.85. The van der Waals surface area contributed by atoms with Crippen molar-refractivity contribution in [1.29, 1.82) is 0 Å². The van der Waals surface area contributed by atoms with Gasteiger partial charge in [0.25, 0.3) is 0 Å². The second kappa shape index (κ2) is 10.4. The highest BCUT2D eigenvalue weighted by Gasteiger charge is 2.07. The Hall–Kier alpha value is -1.39. The summed E-state index contributed by atoms with van der Waals surface area (Å²) in [4.78, 5) is 11.8. The van der Waals surface area contributed by atoms with Gasteiger partial charge >= 0.3 is 5.97 Å². The van der Waals surface area contributed by atoms with Crippen molar-refractivity contribution in [3.8, 4) is 0 Å². The number of esters is 1. The van der Waals surface area contributed by atoms with Crippen LogP contribution in [0, 0.1) is 0 Å². The van der Waals surface area contributed by atoms with Crippen molar-refractivity contribution in [3.63, 3.8) is 0 Å². The van der Waals surface area contributed by atoms with Crippen LogP contribution in [0.15, 0.2) is 24.3 Å². The Morgan fingerprint density at radius 2 is 2.00 bits per heavy atom. The van der Waals surface area contributed by atoms with E-state index in [2.05, 4.69) is 6.92 Å². The summed E-state index contributed by atoms with van der Waals surface area (Å²) in [6.45, 7) is 4.37. The first kappa shape index (κ1) is 16.7. The third-order valence-electron chi connectivity index (χ3n) is 2.86. The van der Waals surface area contributed by atoms with Gasteiger partial charge in [0.05, 0.1) is 32.0 Å². The van der Waals surface area contributed by atoms with Gasteiger partial charge < -0.3 is 14.2 Å². The van der Waals surface area contributed by atoms with Crippen molar-refractivity contribution in [2.45, 2.75) is 26.2 Å². The fraction of sp³-hybridized carbons (Fsp3) is 0.562. The summed E-state index contributed by atoms with van der Waals surface area (Å²) in [6.07, 6.45) is 2.70. The third kappa shape index (κ3) is 6.68. The molecule has 112 valence electrons. The monoisotopic (exact) mass is 280 g/mol. The van der Waals surface area contributed by atoms with Crippen molar-refractivity contribution in [1.82, 2.24) is 0 Å². The van der Waals surface area contributed by atoms with E-state index < -0.39 is 0 Å². The molecule has 0 aliphatic rings. The number of carbonyl (C=O) groups is 1. The van der Waals surface area contributed by atoms with Gasteiger partial charge in [-0.2, -0.15) is 0 Å². The van der Waals surface area contributed by atoms with E-state index >= 15 is 0 Å². The molecule has 0 saturated carbocycles. The van der Waals surface area contributed by atoms with Crippen molar-refractivity contribution < 1.29 is 19.0 Å². The van der Waals surface area contributed by atoms with Crippen LogP contribution in [0.3, 0.4) is 0 Å². The minimum absolute atomic E-state index is 0.249. The van der Waals surface area contributed by atoms with Crippen LogP contribution in [0.1, 0.15) is 35.7 Å². The van der Waals surface area contributed by atoms with E-state index in [1.54, 1.807) is 13.2 Å². The van der Waals surface area contributed by atoms with Crippen LogP contribution in [0.25, 0.3) is 0 Å². The minimum Gasteiger partial charge on any atom is -0.462 e. The zero-order valence-corrected chi connectivity index (χ0v) is 12.4. The summed E-state index contributed by atoms with van der Waals surface area (Å²) in [6, 6.07) is 7.51. The zero-order chi connectivity index (χ0) is 14.6. The largest absolute Gasteiger partial charge is 0.462 e. The molecule has 0 aliphatic carbocycles. The number of rotatable bonds is 10. The topological polar surface area (TPSA) is 44.8 Å². The summed E-state index contributed by atoms with van der Waals surface area (Å²) in [5.74, 6) is -0.249. The van der Waals surface area contributed by atoms with Gasteiger partial charge in [-0.05, 0) is 30.5 Å². The minimum atomic E-state index is -0.249. The normalized spacial score (nSPS) is 10.5. The highest BCUT2D eigenvalue weighted by molar-refractivity contribution is 5.89. The van der Waals surface area contributed by atoms with E-state index in [9.17, 15) is 4.79 Å². The molecule has 1 aromatic carbocycles. The molecule has 0 atom stereocenters. The number of unbranched alkanes of at least 4 members (excludes halogenated alkanes) is 1.